The van der Waals surface area contributed by atoms with Gasteiger partial charge in [-0.15, -0.1) is 5.10 Å². The summed E-state index contributed by atoms with van der Waals surface area (Å²) in [6.45, 7) is 0.528. The third kappa shape index (κ3) is 3.55. The van der Waals surface area contributed by atoms with Crippen LogP contribution in [0.3, 0.4) is 0 Å². The average Bonchev–Trinajstić information content (AvgIpc) is 3.09. The summed E-state index contributed by atoms with van der Waals surface area (Å²) >= 11 is 3.45. The number of aromatic nitrogens is 3. The monoisotopic (exact) mass is 383 g/mol. The van der Waals surface area contributed by atoms with Gasteiger partial charge in [0.1, 0.15) is 11.4 Å². The Labute approximate surface area is 147 Å². The molecule has 7 heteroatoms. The second kappa shape index (κ2) is 7.15. The molecular weight excluding hydrogens is 370 g/mol. The summed E-state index contributed by atoms with van der Waals surface area (Å²) in [5, 5.41) is 20.5. The van der Waals surface area contributed by atoms with E-state index in [4.69, 9.17) is 10.00 Å². The Morgan fingerprint density at radius 1 is 1.25 bits per heavy atom. The van der Waals surface area contributed by atoms with Crippen molar-refractivity contribution >= 4 is 21.6 Å². The molecule has 120 valence electrons. The fourth-order valence-electron chi connectivity index (χ4n) is 2.15. The van der Waals surface area contributed by atoms with Crippen molar-refractivity contribution in [1.82, 2.24) is 15.0 Å². The Morgan fingerprint density at radius 3 is 2.71 bits per heavy atom. The molecule has 24 heavy (non-hydrogen) atoms. The minimum Gasteiger partial charge on any atom is -0.497 e. The highest BCUT2D eigenvalue weighted by Crippen LogP contribution is 2.24. The normalized spacial score (nSPS) is 10.2. The van der Waals surface area contributed by atoms with Crippen LogP contribution in [-0.2, 0) is 6.54 Å². The van der Waals surface area contributed by atoms with Gasteiger partial charge in [-0.1, -0.05) is 5.21 Å². The van der Waals surface area contributed by atoms with E-state index in [2.05, 4.69) is 37.6 Å². The van der Waals surface area contributed by atoms with Crippen molar-refractivity contribution in [3.63, 3.8) is 0 Å². The lowest BCUT2D eigenvalue weighted by molar-refractivity contribution is 0.414. The summed E-state index contributed by atoms with van der Waals surface area (Å²) in [7, 11) is 1.63. The average molecular weight is 384 g/mol. The molecule has 3 aromatic rings. The van der Waals surface area contributed by atoms with Gasteiger partial charge in [0.2, 0.25) is 0 Å². The van der Waals surface area contributed by atoms with E-state index in [9.17, 15) is 0 Å². The number of nitrogens with one attached hydrogen (secondary N) is 1. The summed E-state index contributed by atoms with van der Waals surface area (Å²) in [4.78, 5) is 0. The van der Waals surface area contributed by atoms with Crippen LogP contribution in [0.5, 0.6) is 5.75 Å². The van der Waals surface area contributed by atoms with Gasteiger partial charge in [0.15, 0.2) is 0 Å². The summed E-state index contributed by atoms with van der Waals surface area (Å²) in [6.07, 6.45) is 1.87. The maximum Gasteiger partial charge on any atom is 0.119 e. The highest BCUT2D eigenvalue weighted by Gasteiger charge is 2.05. The summed E-state index contributed by atoms with van der Waals surface area (Å²) in [5.41, 5.74) is 3.22. The van der Waals surface area contributed by atoms with Crippen molar-refractivity contribution in [2.45, 2.75) is 6.54 Å². The van der Waals surface area contributed by atoms with Crippen molar-refractivity contribution in [3.8, 4) is 17.5 Å². The van der Waals surface area contributed by atoms with Gasteiger partial charge in [0.05, 0.1) is 37.2 Å². The first-order valence-corrected chi connectivity index (χ1v) is 7.98. The van der Waals surface area contributed by atoms with Crippen molar-refractivity contribution < 1.29 is 4.74 Å². The molecule has 0 aliphatic heterocycles. The van der Waals surface area contributed by atoms with Crippen LogP contribution in [0.25, 0.3) is 5.69 Å². The number of ether oxygens (including phenoxy) is 1. The van der Waals surface area contributed by atoms with E-state index in [1.165, 1.54) is 0 Å². The van der Waals surface area contributed by atoms with Crippen molar-refractivity contribution in [2.24, 2.45) is 0 Å². The zero-order chi connectivity index (χ0) is 16.9. The molecule has 0 radical (unpaired) electrons. The molecule has 1 aromatic heterocycles. The molecular formula is C17H14BrN5O. The maximum atomic E-state index is 8.88. The van der Waals surface area contributed by atoms with E-state index in [1.807, 2.05) is 36.5 Å². The standard InChI is InChI=1S/C17H14BrN5O/c1-24-15-5-3-14(4-6-15)23-11-13(21-22-23)10-20-17-7-2-12(9-19)8-16(17)18/h2-8,11,20H,10H2,1H3. The first-order valence-electron chi connectivity index (χ1n) is 7.19. The molecule has 0 spiro atoms. The number of benzene rings is 2. The van der Waals surface area contributed by atoms with E-state index in [0.717, 1.165) is 27.3 Å². The minimum atomic E-state index is 0.528. The van der Waals surface area contributed by atoms with Crippen LogP contribution in [-0.4, -0.2) is 22.1 Å². The number of hydrogen-bond donors (Lipinski definition) is 1. The number of halogens is 1. The van der Waals surface area contributed by atoms with Crippen LogP contribution in [0.15, 0.2) is 53.1 Å². The van der Waals surface area contributed by atoms with E-state index < -0.39 is 0 Å². The van der Waals surface area contributed by atoms with Gasteiger partial charge in [-0.2, -0.15) is 5.26 Å². The second-order valence-corrected chi connectivity index (χ2v) is 5.87. The fraction of sp³-hybridized carbons (Fsp3) is 0.118. The maximum absolute atomic E-state index is 8.88. The molecule has 0 aliphatic rings. The van der Waals surface area contributed by atoms with Gasteiger partial charge in [0, 0.05) is 10.2 Å². The number of rotatable bonds is 5. The van der Waals surface area contributed by atoms with Gasteiger partial charge < -0.3 is 10.1 Å². The summed E-state index contributed by atoms with van der Waals surface area (Å²) in [5.74, 6) is 0.798. The molecule has 1 heterocycles. The van der Waals surface area contributed by atoms with E-state index in [0.29, 0.717) is 12.1 Å². The third-order valence-electron chi connectivity index (χ3n) is 3.44. The number of nitrogens with zero attached hydrogens (tertiary/aromatic N) is 4. The molecule has 1 N–H and O–H groups in total. The Morgan fingerprint density at radius 2 is 2.04 bits per heavy atom. The molecule has 0 amide bonds. The molecule has 2 aromatic carbocycles. The van der Waals surface area contributed by atoms with Gasteiger partial charge in [-0.3, -0.25) is 0 Å². The number of nitriles is 1. The highest BCUT2D eigenvalue weighted by molar-refractivity contribution is 9.10. The smallest absolute Gasteiger partial charge is 0.119 e. The number of hydrogen-bond acceptors (Lipinski definition) is 5. The second-order valence-electron chi connectivity index (χ2n) is 5.01. The lowest BCUT2D eigenvalue weighted by atomic mass is 10.2. The summed E-state index contributed by atoms with van der Waals surface area (Å²) < 4.78 is 7.70. The topological polar surface area (TPSA) is 75.8 Å². The fourth-order valence-corrected chi connectivity index (χ4v) is 2.67. The van der Waals surface area contributed by atoms with Crippen LogP contribution in [0.4, 0.5) is 5.69 Å². The zero-order valence-electron chi connectivity index (χ0n) is 12.9. The predicted octanol–water partition coefficient (Wildman–Crippen LogP) is 3.52. The van der Waals surface area contributed by atoms with Crippen LogP contribution in [0.2, 0.25) is 0 Å². The molecule has 0 bridgehead atoms. The molecule has 3 rings (SSSR count). The quantitative estimate of drug-likeness (QED) is 0.729. The van der Waals surface area contributed by atoms with Crippen LogP contribution >= 0.6 is 15.9 Å². The number of anilines is 1. The van der Waals surface area contributed by atoms with Crippen LogP contribution < -0.4 is 10.1 Å². The summed E-state index contributed by atoms with van der Waals surface area (Å²) in [6, 6.07) is 15.1. The Hall–Kier alpha value is -2.85. The molecule has 0 saturated heterocycles. The predicted molar refractivity (Wildman–Crippen MR) is 94.1 cm³/mol. The van der Waals surface area contributed by atoms with E-state index in [-0.39, 0.29) is 0 Å². The third-order valence-corrected chi connectivity index (χ3v) is 4.09. The Kier molecular flexibility index (Phi) is 4.77. The first-order chi connectivity index (χ1) is 11.7. The SMILES string of the molecule is COc1ccc(-n2cc(CNc3ccc(C#N)cc3Br)nn2)cc1. The molecule has 0 fully saturated rings. The lowest BCUT2D eigenvalue weighted by Crippen LogP contribution is -2.00. The van der Waals surface area contributed by atoms with Crippen molar-refractivity contribution in [1.29, 1.82) is 5.26 Å². The van der Waals surface area contributed by atoms with Gasteiger partial charge in [-0.25, -0.2) is 4.68 Å². The molecule has 0 saturated carbocycles. The molecule has 0 aliphatic carbocycles. The van der Waals surface area contributed by atoms with E-state index in [1.54, 1.807) is 23.9 Å². The number of methoxy groups -OCH3 is 1. The van der Waals surface area contributed by atoms with Crippen molar-refractivity contribution in [2.75, 3.05) is 12.4 Å². The van der Waals surface area contributed by atoms with Crippen molar-refractivity contribution in [3.05, 3.63) is 64.4 Å². The first kappa shape index (κ1) is 16.0. The molecule has 0 unspecified atom stereocenters. The molecule has 6 nitrogen and oxygen atoms in total. The Balaban J connectivity index is 1.69. The van der Waals surface area contributed by atoms with Gasteiger partial charge >= 0.3 is 0 Å². The largest absolute Gasteiger partial charge is 0.497 e. The van der Waals surface area contributed by atoms with Crippen LogP contribution in [0, 0.1) is 11.3 Å². The Bertz CT molecular complexity index is 883. The van der Waals surface area contributed by atoms with Crippen LogP contribution in [0.1, 0.15) is 11.3 Å². The van der Waals surface area contributed by atoms with Gasteiger partial charge in [0.25, 0.3) is 0 Å². The van der Waals surface area contributed by atoms with E-state index >= 15 is 0 Å². The molecule has 0 atom stereocenters. The van der Waals surface area contributed by atoms with Gasteiger partial charge in [-0.05, 0) is 58.4 Å². The highest BCUT2D eigenvalue weighted by atomic mass is 79.9. The zero-order valence-corrected chi connectivity index (χ0v) is 14.5. The minimum absolute atomic E-state index is 0.528. The lowest BCUT2D eigenvalue weighted by Gasteiger charge is -2.06.